The summed E-state index contributed by atoms with van der Waals surface area (Å²) in [5.41, 5.74) is 7.39. The molecule has 1 aromatic rings. The fourth-order valence-electron chi connectivity index (χ4n) is 1.31. The van der Waals surface area contributed by atoms with E-state index in [4.69, 9.17) is 11.0 Å². The van der Waals surface area contributed by atoms with Crippen molar-refractivity contribution in [2.75, 3.05) is 6.54 Å². The van der Waals surface area contributed by atoms with Crippen LogP contribution in [-0.4, -0.2) is 11.8 Å². The van der Waals surface area contributed by atoms with Gasteiger partial charge in [0, 0.05) is 11.0 Å². The van der Waals surface area contributed by atoms with Gasteiger partial charge in [0.05, 0.1) is 11.6 Å². The zero-order valence-corrected chi connectivity index (χ0v) is 9.76. The Morgan fingerprint density at radius 2 is 2.20 bits per heavy atom. The predicted molar refractivity (Wildman–Crippen MR) is 65.6 cm³/mol. The average Bonchev–Trinajstić information content (AvgIpc) is 2.27. The van der Waals surface area contributed by atoms with Crippen LogP contribution in [0, 0.1) is 11.3 Å². The molecule has 15 heavy (non-hydrogen) atoms. The van der Waals surface area contributed by atoms with Gasteiger partial charge in [-0.2, -0.15) is 17.0 Å². The van der Waals surface area contributed by atoms with E-state index in [2.05, 4.69) is 13.0 Å². The summed E-state index contributed by atoms with van der Waals surface area (Å²) in [6.07, 6.45) is 1.03. The molecular formula is C12H16N2S. The van der Waals surface area contributed by atoms with Gasteiger partial charge in [0.25, 0.3) is 0 Å². The molecule has 0 saturated carbocycles. The lowest BCUT2D eigenvalue weighted by Crippen LogP contribution is -2.07. The number of thioether (sulfide) groups is 1. The molecule has 0 fully saturated rings. The third-order valence-electron chi connectivity index (χ3n) is 2.23. The highest BCUT2D eigenvalue weighted by molar-refractivity contribution is 7.99. The third kappa shape index (κ3) is 3.94. The van der Waals surface area contributed by atoms with Crippen molar-refractivity contribution in [1.29, 1.82) is 5.26 Å². The fraction of sp³-hybridized carbons (Fsp3) is 0.417. The number of hydrogen-bond acceptors (Lipinski definition) is 3. The van der Waals surface area contributed by atoms with Crippen LogP contribution in [0.3, 0.4) is 0 Å². The van der Waals surface area contributed by atoms with Crippen LogP contribution in [0.4, 0.5) is 0 Å². The van der Waals surface area contributed by atoms with Crippen LogP contribution in [0.2, 0.25) is 0 Å². The van der Waals surface area contributed by atoms with Gasteiger partial charge in [-0.1, -0.05) is 25.1 Å². The van der Waals surface area contributed by atoms with Crippen LogP contribution in [0.15, 0.2) is 24.3 Å². The Morgan fingerprint density at radius 3 is 2.87 bits per heavy atom. The number of nitrogens with two attached hydrogens (primary N) is 1. The minimum absolute atomic E-state index is 0.557. The van der Waals surface area contributed by atoms with Gasteiger partial charge in [0.1, 0.15) is 0 Å². The summed E-state index contributed by atoms with van der Waals surface area (Å²) in [5, 5.41) is 9.46. The highest BCUT2D eigenvalue weighted by Crippen LogP contribution is 2.21. The number of rotatable bonds is 5. The maximum atomic E-state index is 8.91. The second-order valence-corrected chi connectivity index (χ2v) is 4.89. The summed E-state index contributed by atoms with van der Waals surface area (Å²) in [4.78, 5) is 0. The van der Waals surface area contributed by atoms with Gasteiger partial charge in [-0.15, -0.1) is 0 Å². The Labute approximate surface area is 95.5 Å². The zero-order valence-electron chi connectivity index (χ0n) is 8.94. The number of nitriles is 1. The van der Waals surface area contributed by atoms with Gasteiger partial charge < -0.3 is 5.73 Å². The van der Waals surface area contributed by atoms with E-state index in [1.807, 2.05) is 36.0 Å². The molecule has 0 aliphatic rings. The van der Waals surface area contributed by atoms with E-state index in [1.54, 1.807) is 0 Å². The molecule has 1 unspecified atom stereocenters. The first-order valence-electron chi connectivity index (χ1n) is 5.07. The van der Waals surface area contributed by atoms with E-state index in [0.29, 0.717) is 5.25 Å². The lowest BCUT2D eigenvalue weighted by atomic mass is 10.1. The molecule has 0 aliphatic carbocycles. The third-order valence-corrected chi connectivity index (χ3v) is 3.52. The quantitative estimate of drug-likeness (QED) is 0.829. The second-order valence-electron chi connectivity index (χ2n) is 3.47. The van der Waals surface area contributed by atoms with Crippen LogP contribution < -0.4 is 5.73 Å². The number of nitrogens with zero attached hydrogens (tertiary/aromatic N) is 1. The van der Waals surface area contributed by atoms with Crippen LogP contribution in [0.1, 0.15) is 24.5 Å². The molecule has 80 valence electrons. The predicted octanol–water partition coefficient (Wildman–Crippen LogP) is 2.53. The maximum Gasteiger partial charge on any atom is 0.0994 e. The molecule has 3 heteroatoms. The highest BCUT2D eigenvalue weighted by atomic mass is 32.2. The minimum Gasteiger partial charge on any atom is -0.330 e. The van der Waals surface area contributed by atoms with Gasteiger partial charge in [0.15, 0.2) is 0 Å². The SMILES string of the molecule is CC(CCN)SCc1ccccc1C#N. The molecule has 0 spiro atoms. The van der Waals surface area contributed by atoms with Crippen LogP contribution in [-0.2, 0) is 5.75 Å². The molecule has 0 amide bonds. The van der Waals surface area contributed by atoms with Crippen molar-refractivity contribution < 1.29 is 0 Å². The highest BCUT2D eigenvalue weighted by Gasteiger charge is 2.04. The monoisotopic (exact) mass is 220 g/mol. The van der Waals surface area contributed by atoms with Crippen LogP contribution >= 0.6 is 11.8 Å². The topological polar surface area (TPSA) is 49.8 Å². The second kappa shape index (κ2) is 6.49. The van der Waals surface area contributed by atoms with Crippen molar-refractivity contribution in [1.82, 2.24) is 0 Å². The lowest BCUT2D eigenvalue weighted by Gasteiger charge is -2.10. The molecule has 2 N–H and O–H groups in total. The first-order valence-corrected chi connectivity index (χ1v) is 6.12. The molecule has 0 saturated heterocycles. The molecule has 0 aromatic heterocycles. The summed E-state index contributed by atoms with van der Waals surface area (Å²) >= 11 is 1.85. The van der Waals surface area contributed by atoms with Crippen LogP contribution in [0.25, 0.3) is 0 Å². The fourth-order valence-corrected chi connectivity index (χ4v) is 2.32. The molecule has 0 heterocycles. The van der Waals surface area contributed by atoms with Crippen molar-refractivity contribution >= 4 is 11.8 Å². The summed E-state index contributed by atoms with van der Waals surface area (Å²) in [5.74, 6) is 0.894. The van der Waals surface area contributed by atoms with E-state index in [-0.39, 0.29) is 0 Å². The van der Waals surface area contributed by atoms with Gasteiger partial charge >= 0.3 is 0 Å². The van der Waals surface area contributed by atoms with E-state index >= 15 is 0 Å². The lowest BCUT2D eigenvalue weighted by molar-refractivity contribution is 0.823. The van der Waals surface area contributed by atoms with Gasteiger partial charge in [-0.3, -0.25) is 0 Å². The van der Waals surface area contributed by atoms with Gasteiger partial charge in [0.2, 0.25) is 0 Å². The van der Waals surface area contributed by atoms with Crippen molar-refractivity contribution in [3.05, 3.63) is 35.4 Å². The van der Waals surface area contributed by atoms with Crippen LogP contribution in [0.5, 0.6) is 0 Å². The molecule has 0 aliphatic heterocycles. The van der Waals surface area contributed by atoms with Crippen molar-refractivity contribution in [3.8, 4) is 6.07 Å². The van der Waals surface area contributed by atoms with E-state index in [0.717, 1.165) is 29.8 Å². The summed E-state index contributed by atoms with van der Waals surface area (Å²) in [6, 6.07) is 9.97. The zero-order chi connectivity index (χ0) is 11.1. The maximum absolute atomic E-state index is 8.91. The number of benzene rings is 1. The number of hydrogen-bond donors (Lipinski definition) is 1. The Hall–Kier alpha value is -0.980. The normalized spacial score (nSPS) is 12.1. The van der Waals surface area contributed by atoms with Crippen molar-refractivity contribution in [2.45, 2.75) is 24.3 Å². The summed E-state index contributed by atoms with van der Waals surface area (Å²) < 4.78 is 0. The summed E-state index contributed by atoms with van der Waals surface area (Å²) in [7, 11) is 0. The average molecular weight is 220 g/mol. The minimum atomic E-state index is 0.557. The van der Waals surface area contributed by atoms with Crippen molar-refractivity contribution in [3.63, 3.8) is 0 Å². The molecular weight excluding hydrogens is 204 g/mol. The first kappa shape index (κ1) is 12.1. The Morgan fingerprint density at radius 1 is 1.47 bits per heavy atom. The van der Waals surface area contributed by atoms with Gasteiger partial charge in [-0.25, -0.2) is 0 Å². The first-order chi connectivity index (χ1) is 7.27. The summed E-state index contributed by atoms with van der Waals surface area (Å²) in [6.45, 7) is 2.90. The van der Waals surface area contributed by atoms with Gasteiger partial charge in [-0.05, 0) is 24.6 Å². The molecule has 2 nitrogen and oxygen atoms in total. The van der Waals surface area contributed by atoms with E-state index in [1.165, 1.54) is 0 Å². The van der Waals surface area contributed by atoms with Crippen molar-refractivity contribution in [2.24, 2.45) is 5.73 Å². The Balaban J connectivity index is 2.54. The smallest absolute Gasteiger partial charge is 0.0994 e. The Bertz CT molecular complexity index is 344. The molecule has 0 radical (unpaired) electrons. The molecule has 0 bridgehead atoms. The Kier molecular flexibility index (Phi) is 5.23. The molecule has 1 rings (SSSR count). The molecule has 1 atom stereocenters. The largest absolute Gasteiger partial charge is 0.330 e. The van der Waals surface area contributed by atoms with E-state index < -0.39 is 0 Å². The standard InChI is InChI=1S/C12H16N2S/c1-10(6-7-13)15-9-12-5-3-2-4-11(12)8-14/h2-5,10H,6-7,9,13H2,1H3. The van der Waals surface area contributed by atoms with E-state index in [9.17, 15) is 0 Å². The molecule has 1 aromatic carbocycles.